The van der Waals surface area contributed by atoms with E-state index >= 15 is 0 Å². The first kappa shape index (κ1) is 22.3. The molecule has 7 nitrogen and oxygen atoms in total. The van der Waals surface area contributed by atoms with E-state index in [0.29, 0.717) is 30.0 Å². The Kier molecular flexibility index (Phi) is 5.48. The first-order valence-corrected chi connectivity index (χ1v) is 11.5. The van der Waals surface area contributed by atoms with Crippen LogP contribution < -0.4 is 5.32 Å². The van der Waals surface area contributed by atoms with Gasteiger partial charge in [0.1, 0.15) is 17.1 Å². The Morgan fingerprint density at radius 2 is 1.88 bits per heavy atom. The summed E-state index contributed by atoms with van der Waals surface area (Å²) in [6, 6.07) is 1.32. The molecule has 2 fully saturated rings. The molecule has 1 aliphatic heterocycles. The molecule has 0 radical (unpaired) electrons. The zero-order valence-corrected chi connectivity index (χ0v) is 18.5. The van der Waals surface area contributed by atoms with Gasteiger partial charge in [0.2, 0.25) is 0 Å². The van der Waals surface area contributed by atoms with Gasteiger partial charge in [0.05, 0.1) is 11.2 Å². The number of rotatable bonds is 4. The third kappa shape index (κ3) is 4.38. The lowest BCUT2D eigenvalue weighted by atomic mass is 9.76. The fraction of sp³-hybridized carbons (Fsp3) is 0.609. The van der Waals surface area contributed by atoms with E-state index in [1.165, 1.54) is 0 Å². The number of aromatic nitrogens is 3. The SMILES string of the molecule is CC1(O)CC(N2CCCC(Nc3nnc(-c4ncc(C(F)(F)F)cc4O)c4c3CCC4)C2)C1. The standard InChI is InChI=1S/C23H28F3N5O2/c1-22(33)9-15(10-22)31-7-3-4-14(12-31)28-21-17-6-2-5-16(17)19(29-30-21)20-18(32)8-13(11-27-20)23(24,25)26/h8,11,14-15,32-33H,2-7,9-10,12H2,1H3,(H,28,30). The Bertz CT molecular complexity index is 1050. The van der Waals surface area contributed by atoms with Gasteiger partial charge in [-0.1, -0.05) is 0 Å². The first-order chi connectivity index (χ1) is 15.6. The van der Waals surface area contributed by atoms with Gasteiger partial charge in [0.25, 0.3) is 0 Å². The molecule has 33 heavy (non-hydrogen) atoms. The van der Waals surface area contributed by atoms with Crippen molar-refractivity contribution in [1.82, 2.24) is 20.1 Å². The van der Waals surface area contributed by atoms with Gasteiger partial charge in [-0.25, -0.2) is 4.98 Å². The van der Waals surface area contributed by atoms with Gasteiger partial charge in [-0.3, -0.25) is 4.90 Å². The monoisotopic (exact) mass is 463 g/mol. The van der Waals surface area contributed by atoms with Crippen molar-refractivity contribution < 1.29 is 23.4 Å². The van der Waals surface area contributed by atoms with Gasteiger partial charge < -0.3 is 15.5 Å². The maximum atomic E-state index is 12.9. The number of hydrogen-bond donors (Lipinski definition) is 3. The molecule has 0 aromatic carbocycles. The fourth-order valence-electron chi connectivity index (χ4n) is 5.45. The van der Waals surface area contributed by atoms with Crippen molar-refractivity contribution in [2.75, 3.05) is 18.4 Å². The molecule has 0 bridgehead atoms. The number of alkyl halides is 3. The van der Waals surface area contributed by atoms with E-state index in [1.807, 2.05) is 6.92 Å². The van der Waals surface area contributed by atoms with Crippen LogP contribution >= 0.6 is 0 Å². The highest BCUT2D eigenvalue weighted by molar-refractivity contribution is 5.70. The second kappa shape index (κ2) is 8.09. The Morgan fingerprint density at radius 3 is 2.58 bits per heavy atom. The third-order valence-corrected chi connectivity index (χ3v) is 7.12. The topological polar surface area (TPSA) is 94.4 Å². The summed E-state index contributed by atoms with van der Waals surface area (Å²) >= 11 is 0. The first-order valence-electron chi connectivity index (χ1n) is 11.5. The number of aliphatic hydroxyl groups is 1. The van der Waals surface area contributed by atoms with Gasteiger partial charge in [0.15, 0.2) is 5.82 Å². The third-order valence-electron chi connectivity index (χ3n) is 7.12. The predicted octanol–water partition coefficient (Wildman–Crippen LogP) is 3.54. The van der Waals surface area contributed by atoms with Crippen LogP contribution in [0.4, 0.5) is 19.0 Å². The minimum absolute atomic E-state index is 0.0288. The number of nitrogens with zero attached hydrogens (tertiary/aromatic N) is 4. The van der Waals surface area contributed by atoms with Crippen molar-refractivity contribution in [3.8, 4) is 17.1 Å². The lowest BCUT2D eigenvalue weighted by molar-refractivity contribution is -0.137. The number of pyridine rings is 1. The average Bonchev–Trinajstić information content (AvgIpc) is 3.22. The highest BCUT2D eigenvalue weighted by atomic mass is 19.4. The summed E-state index contributed by atoms with van der Waals surface area (Å²) in [5.41, 5.74) is 0.719. The number of aromatic hydroxyl groups is 1. The Hall–Kier alpha value is -2.46. The zero-order valence-electron chi connectivity index (χ0n) is 18.5. The molecule has 1 atom stereocenters. The van der Waals surface area contributed by atoms with Crippen LogP contribution in [0.3, 0.4) is 0 Å². The second-order valence-corrected chi connectivity index (χ2v) is 9.83. The van der Waals surface area contributed by atoms with Crippen LogP contribution in [0.25, 0.3) is 11.4 Å². The number of anilines is 1. The molecule has 2 aromatic rings. The molecule has 2 aromatic heterocycles. The molecule has 2 aliphatic carbocycles. The predicted molar refractivity (Wildman–Crippen MR) is 116 cm³/mol. The number of piperidine rings is 1. The number of hydrogen-bond acceptors (Lipinski definition) is 7. The van der Waals surface area contributed by atoms with Crippen LogP contribution in [0.15, 0.2) is 12.3 Å². The van der Waals surface area contributed by atoms with E-state index in [0.717, 1.165) is 68.9 Å². The lowest BCUT2D eigenvalue weighted by Crippen LogP contribution is -2.57. The molecular weight excluding hydrogens is 435 g/mol. The van der Waals surface area contributed by atoms with Crippen LogP contribution in [0, 0.1) is 0 Å². The zero-order chi connectivity index (χ0) is 23.4. The molecule has 0 amide bonds. The highest BCUT2D eigenvalue weighted by Crippen LogP contribution is 2.40. The van der Waals surface area contributed by atoms with Gasteiger partial charge in [0, 0.05) is 30.4 Å². The molecule has 3 heterocycles. The van der Waals surface area contributed by atoms with Gasteiger partial charge in [-0.05, 0) is 70.0 Å². The number of halogens is 3. The quantitative estimate of drug-likeness (QED) is 0.639. The Balaban J connectivity index is 1.36. The normalized spacial score (nSPS) is 27.8. The minimum atomic E-state index is -4.58. The molecule has 1 saturated heterocycles. The lowest BCUT2D eigenvalue weighted by Gasteiger charge is -2.49. The largest absolute Gasteiger partial charge is 0.506 e. The van der Waals surface area contributed by atoms with Crippen LogP contribution in [0.5, 0.6) is 5.75 Å². The van der Waals surface area contributed by atoms with Gasteiger partial charge in [-0.15, -0.1) is 10.2 Å². The summed E-state index contributed by atoms with van der Waals surface area (Å²) in [7, 11) is 0. The van der Waals surface area contributed by atoms with E-state index in [9.17, 15) is 23.4 Å². The van der Waals surface area contributed by atoms with Crippen molar-refractivity contribution >= 4 is 5.82 Å². The van der Waals surface area contributed by atoms with Gasteiger partial charge in [-0.2, -0.15) is 13.2 Å². The molecular formula is C23H28F3N5O2. The average molecular weight is 464 g/mol. The summed E-state index contributed by atoms with van der Waals surface area (Å²) in [6.45, 7) is 3.79. The van der Waals surface area contributed by atoms with E-state index in [-0.39, 0.29) is 11.7 Å². The summed E-state index contributed by atoms with van der Waals surface area (Å²) in [5.74, 6) is 0.165. The molecule has 5 rings (SSSR count). The van der Waals surface area contributed by atoms with Crippen molar-refractivity contribution in [3.05, 3.63) is 29.0 Å². The summed E-state index contributed by atoms with van der Waals surface area (Å²) in [5, 5.41) is 32.5. The number of likely N-dealkylation sites (tertiary alicyclic amines) is 1. The van der Waals surface area contributed by atoms with E-state index in [4.69, 9.17) is 0 Å². The smallest absolute Gasteiger partial charge is 0.418 e. The maximum Gasteiger partial charge on any atom is 0.418 e. The molecule has 3 N–H and O–H groups in total. The van der Waals surface area contributed by atoms with E-state index < -0.39 is 23.1 Å². The molecule has 1 unspecified atom stereocenters. The molecule has 178 valence electrons. The van der Waals surface area contributed by atoms with Crippen molar-refractivity contribution in [1.29, 1.82) is 0 Å². The van der Waals surface area contributed by atoms with Crippen molar-refractivity contribution in [3.63, 3.8) is 0 Å². The highest BCUT2D eigenvalue weighted by Gasteiger charge is 2.42. The van der Waals surface area contributed by atoms with E-state index in [1.54, 1.807) is 0 Å². The number of fused-ring (bicyclic) bond motifs is 1. The molecule has 0 spiro atoms. The summed E-state index contributed by atoms with van der Waals surface area (Å²) in [4.78, 5) is 6.31. The molecule has 10 heteroatoms. The van der Waals surface area contributed by atoms with Crippen molar-refractivity contribution in [2.45, 2.75) is 75.7 Å². The van der Waals surface area contributed by atoms with Crippen LogP contribution in [0.1, 0.15) is 55.7 Å². The molecule has 1 saturated carbocycles. The fourth-order valence-corrected chi connectivity index (χ4v) is 5.45. The minimum Gasteiger partial charge on any atom is -0.506 e. The van der Waals surface area contributed by atoms with Crippen LogP contribution in [0.2, 0.25) is 0 Å². The van der Waals surface area contributed by atoms with E-state index in [2.05, 4.69) is 25.4 Å². The Morgan fingerprint density at radius 1 is 1.12 bits per heavy atom. The van der Waals surface area contributed by atoms with Gasteiger partial charge >= 0.3 is 6.18 Å². The number of nitrogens with one attached hydrogen (secondary N) is 1. The van der Waals surface area contributed by atoms with Crippen LogP contribution in [-0.4, -0.2) is 61.1 Å². The molecule has 3 aliphatic rings. The summed E-state index contributed by atoms with van der Waals surface area (Å²) < 4.78 is 38.8. The maximum absolute atomic E-state index is 12.9. The summed E-state index contributed by atoms with van der Waals surface area (Å²) in [6.07, 6.45) is 2.22. The van der Waals surface area contributed by atoms with Crippen LogP contribution in [-0.2, 0) is 19.0 Å². The Labute approximate surface area is 190 Å². The second-order valence-electron chi connectivity index (χ2n) is 9.83. The van der Waals surface area contributed by atoms with Crippen molar-refractivity contribution in [2.24, 2.45) is 0 Å².